The summed E-state index contributed by atoms with van der Waals surface area (Å²) in [5.41, 5.74) is 2.10. The van der Waals surface area contributed by atoms with Crippen LogP contribution in [0.1, 0.15) is 27.9 Å². The van der Waals surface area contributed by atoms with Crippen LogP contribution in [0.15, 0.2) is 24.3 Å². The number of benzene rings is 1. The normalized spacial score (nSPS) is 18.4. The third-order valence-corrected chi connectivity index (χ3v) is 3.19. The molecule has 1 saturated heterocycles. The summed E-state index contributed by atoms with van der Waals surface area (Å²) in [6, 6.07) is 5.34. The second-order valence-electron chi connectivity index (χ2n) is 4.78. The molecule has 0 saturated carbocycles. The van der Waals surface area contributed by atoms with Crippen molar-refractivity contribution in [1.29, 1.82) is 0 Å². The van der Waals surface area contributed by atoms with Gasteiger partial charge in [-0.2, -0.15) is 0 Å². The highest BCUT2D eigenvalue weighted by molar-refractivity contribution is 5.96. The first kappa shape index (κ1) is 14.3. The minimum atomic E-state index is -1.01. The lowest BCUT2D eigenvalue weighted by atomic mass is 10.0. The van der Waals surface area contributed by atoms with Gasteiger partial charge in [-0.25, -0.2) is 4.79 Å². The zero-order valence-corrected chi connectivity index (χ0v) is 11.3. The highest BCUT2D eigenvalue weighted by Crippen LogP contribution is 2.14. The van der Waals surface area contributed by atoms with Gasteiger partial charge in [0.15, 0.2) is 0 Å². The van der Waals surface area contributed by atoms with E-state index < -0.39 is 5.97 Å². The van der Waals surface area contributed by atoms with Gasteiger partial charge in [0.1, 0.15) is 0 Å². The summed E-state index contributed by atoms with van der Waals surface area (Å²) < 4.78 is 5.22. The topological polar surface area (TPSA) is 75.6 Å². The van der Waals surface area contributed by atoms with Crippen molar-refractivity contribution in [3.05, 3.63) is 41.0 Å². The zero-order valence-electron chi connectivity index (χ0n) is 11.3. The van der Waals surface area contributed by atoms with Gasteiger partial charge in [0.25, 0.3) is 5.91 Å². The quantitative estimate of drug-likeness (QED) is 0.819. The molecular formula is C15H17NO4. The Kier molecular flexibility index (Phi) is 4.53. The smallest absolute Gasteiger partial charge is 0.328 e. The van der Waals surface area contributed by atoms with E-state index in [1.54, 1.807) is 12.1 Å². The predicted molar refractivity (Wildman–Crippen MR) is 74.5 cm³/mol. The fraction of sp³-hybridized carbons (Fsp3) is 0.333. The van der Waals surface area contributed by atoms with Crippen LogP contribution >= 0.6 is 0 Å². The van der Waals surface area contributed by atoms with E-state index in [-0.39, 0.29) is 11.9 Å². The lowest BCUT2D eigenvalue weighted by molar-refractivity contribution is -0.131. The molecule has 5 nitrogen and oxygen atoms in total. The van der Waals surface area contributed by atoms with E-state index in [1.165, 1.54) is 6.08 Å². The molecular weight excluding hydrogens is 258 g/mol. The van der Waals surface area contributed by atoms with Crippen molar-refractivity contribution in [2.75, 3.05) is 13.2 Å². The van der Waals surface area contributed by atoms with Gasteiger partial charge < -0.3 is 15.2 Å². The largest absolute Gasteiger partial charge is 0.478 e. The summed E-state index contributed by atoms with van der Waals surface area (Å²) in [5, 5.41) is 11.5. The minimum absolute atomic E-state index is 0.0557. The number of hydrogen-bond acceptors (Lipinski definition) is 3. The number of amides is 1. The lowest BCUT2D eigenvalue weighted by Crippen LogP contribution is -2.35. The number of carboxylic acids is 1. The number of carbonyl (C=O) groups is 2. The van der Waals surface area contributed by atoms with Crippen LogP contribution in [0.2, 0.25) is 0 Å². The molecule has 2 N–H and O–H groups in total. The van der Waals surface area contributed by atoms with Gasteiger partial charge in [-0.05, 0) is 36.6 Å². The third kappa shape index (κ3) is 3.68. The van der Waals surface area contributed by atoms with E-state index in [2.05, 4.69) is 5.32 Å². The maximum atomic E-state index is 12.2. The molecule has 1 heterocycles. The van der Waals surface area contributed by atoms with Gasteiger partial charge in [-0.15, -0.1) is 0 Å². The molecule has 2 rings (SSSR count). The molecule has 1 fully saturated rings. The molecule has 20 heavy (non-hydrogen) atoms. The van der Waals surface area contributed by atoms with Crippen molar-refractivity contribution in [1.82, 2.24) is 5.32 Å². The molecule has 1 aromatic carbocycles. The first-order valence-electron chi connectivity index (χ1n) is 6.46. The van der Waals surface area contributed by atoms with Crippen molar-refractivity contribution < 1.29 is 19.4 Å². The summed E-state index contributed by atoms with van der Waals surface area (Å²) in [6.45, 7) is 3.07. The first-order chi connectivity index (χ1) is 9.56. The fourth-order valence-corrected chi connectivity index (χ4v) is 2.07. The highest BCUT2D eigenvalue weighted by atomic mass is 16.5. The SMILES string of the molecule is Cc1ccc(/C=C/C(=O)O)cc1C(=O)NC1CCOC1. The summed E-state index contributed by atoms with van der Waals surface area (Å²) in [5.74, 6) is -1.16. The van der Waals surface area contributed by atoms with Crippen LogP contribution in [0.3, 0.4) is 0 Å². The monoisotopic (exact) mass is 275 g/mol. The molecule has 0 radical (unpaired) electrons. The van der Waals surface area contributed by atoms with E-state index in [0.29, 0.717) is 24.3 Å². The van der Waals surface area contributed by atoms with Crippen molar-refractivity contribution in [2.45, 2.75) is 19.4 Å². The Morgan fingerprint density at radius 3 is 2.90 bits per heavy atom. The molecule has 1 unspecified atom stereocenters. The van der Waals surface area contributed by atoms with Crippen LogP contribution in [0, 0.1) is 6.92 Å². The number of rotatable bonds is 4. The number of aryl methyl sites for hydroxylation is 1. The highest BCUT2D eigenvalue weighted by Gasteiger charge is 2.19. The average Bonchev–Trinajstić information content (AvgIpc) is 2.90. The molecule has 106 valence electrons. The van der Waals surface area contributed by atoms with Crippen molar-refractivity contribution in [3.8, 4) is 0 Å². The number of ether oxygens (including phenoxy) is 1. The van der Waals surface area contributed by atoms with Crippen molar-refractivity contribution in [3.63, 3.8) is 0 Å². The summed E-state index contributed by atoms with van der Waals surface area (Å²) in [4.78, 5) is 22.7. The van der Waals surface area contributed by atoms with E-state index in [1.807, 2.05) is 13.0 Å². The Hall–Kier alpha value is -2.14. The summed E-state index contributed by atoms with van der Waals surface area (Å²) in [6.07, 6.45) is 3.35. The molecule has 1 aromatic rings. The molecule has 5 heteroatoms. The van der Waals surface area contributed by atoms with Crippen LogP contribution in [0.25, 0.3) is 6.08 Å². The number of aliphatic carboxylic acids is 1. The Labute approximate surface area is 117 Å². The minimum Gasteiger partial charge on any atom is -0.478 e. The van der Waals surface area contributed by atoms with Crippen molar-refractivity contribution in [2.24, 2.45) is 0 Å². The van der Waals surface area contributed by atoms with Gasteiger partial charge in [0.2, 0.25) is 0 Å². The summed E-state index contributed by atoms with van der Waals surface area (Å²) in [7, 11) is 0. The van der Waals surface area contributed by atoms with Gasteiger partial charge in [-0.3, -0.25) is 4.79 Å². The molecule has 0 aliphatic carbocycles. The second-order valence-corrected chi connectivity index (χ2v) is 4.78. The Bertz CT molecular complexity index is 545. The molecule has 0 aromatic heterocycles. The predicted octanol–water partition coefficient (Wildman–Crippen LogP) is 1.61. The van der Waals surface area contributed by atoms with Gasteiger partial charge in [0, 0.05) is 18.2 Å². The van der Waals surface area contributed by atoms with E-state index in [0.717, 1.165) is 18.1 Å². The van der Waals surface area contributed by atoms with Gasteiger partial charge in [-0.1, -0.05) is 12.1 Å². The van der Waals surface area contributed by atoms with Crippen LogP contribution < -0.4 is 5.32 Å². The second kappa shape index (κ2) is 6.34. The Morgan fingerprint density at radius 1 is 1.45 bits per heavy atom. The Morgan fingerprint density at radius 2 is 2.25 bits per heavy atom. The van der Waals surface area contributed by atoms with Crippen LogP contribution in [-0.2, 0) is 9.53 Å². The maximum absolute atomic E-state index is 12.2. The van der Waals surface area contributed by atoms with Gasteiger partial charge >= 0.3 is 5.97 Å². The lowest BCUT2D eigenvalue weighted by Gasteiger charge is -2.12. The molecule has 1 atom stereocenters. The van der Waals surface area contributed by atoms with Crippen LogP contribution in [-0.4, -0.2) is 36.2 Å². The van der Waals surface area contributed by atoms with E-state index in [9.17, 15) is 9.59 Å². The summed E-state index contributed by atoms with van der Waals surface area (Å²) >= 11 is 0. The number of hydrogen-bond donors (Lipinski definition) is 2. The standard InChI is InChI=1S/C15H17NO4/c1-10-2-3-11(4-5-14(17)18)8-13(10)15(19)16-12-6-7-20-9-12/h2-5,8,12H,6-7,9H2,1H3,(H,16,19)(H,17,18)/b5-4+. The number of nitrogens with one attached hydrogen (secondary N) is 1. The zero-order chi connectivity index (χ0) is 14.5. The Balaban J connectivity index is 2.14. The maximum Gasteiger partial charge on any atom is 0.328 e. The van der Waals surface area contributed by atoms with Gasteiger partial charge in [0.05, 0.1) is 12.6 Å². The number of carboxylic acid groups (broad SMARTS) is 1. The average molecular weight is 275 g/mol. The van der Waals surface area contributed by atoms with Crippen molar-refractivity contribution >= 4 is 18.0 Å². The van der Waals surface area contributed by atoms with Crippen LogP contribution in [0.4, 0.5) is 0 Å². The van der Waals surface area contributed by atoms with Crippen LogP contribution in [0.5, 0.6) is 0 Å². The molecule has 1 aliphatic heterocycles. The van der Waals surface area contributed by atoms with E-state index in [4.69, 9.17) is 9.84 Å². The molecule has 1 aliphatic rings. The number of carbonyl (C=O) groups excluding carboxylic acids is 1. The first-order valence-corrected chi connectivity index (χ1v) is 6.46. The molecule has 0 spiro atoms. The third-order valence-electron chi connectivity index (χ3n) is 3.19. The molecule has 0 bridgehead atoms. The fourth-order valence-electron chi connectivity index (χ4n) is 2.07. The molecule has 1 amide bonds. The van der Waals surface area contributed by atoms with E-state index >= 15 is 0 Å².